The SMILES string of the molecule is CCN(C(=O)C(=O)N1CCCNCC1)c1cccc(F)c1. The van der Waals surface area contributed by atoms with Crippen LogP contribution in [0.25, 0.3) is 0 Å². The Hall–Kier alpha value is -1.95. The summed E-state index contributed by atoms with van der Waals surface area (Å²) >= 11 is 0. The average Bonchev–Trinajstić information content (AvgIpc) is 2.76. The standard InChI is InChI=1S/C15H20FN3O2/c1-2-19(13-6-3-5-12(16)11-13)15(21)14(20)18-9-4-7-17-8-10-18/h3,5-6,11,17H,2,4,7-10H2,1H3. The van der Waals surface area contributed by atoms with Gasteiger partial charge in [-0.2, -0.15) is 0 Å². The number of nitrogens with one attached hydrogen (secondary N) is 1. The van der Waals surface area contributed by atoms with Gasteiger partial charge in [-0.3, -0.25) is 9.59 Å². The van der Waals surface area contributed by atoms with Gasteiger partial charge in [0, 0.05) is 31.9 Å². The van der Waals surface area contributed by atoms with Crippen molar-refractivity contribution in [3.8, 4) is 0 Å². The number of likely N-dealkylation sites (N-methyl/N-ethyl adjacent to an activating group) is 1. The molecule has 1 aliphatic heterocycles. The number of benzene rings is 1. The number of hydrogen-bond donors (Lipinski definition) is 1. The van der Waals surface area contributed by atoms with Gasteiger partial charge < -0.3 is 15.1 Å². The molecule has 0 saturated carbocycles. The van der Waals surface area contributed by atoms with Crippen LogP contribution >= 0.6 is 0 Å². The normalized spacial score (nSPS) is 15.4. The third kappa shape index (κ3) is 3.78. The molecule has 2 amide bonds. The summed E-state index contributed by atoms with van der Waals surface area (Å²) in [5.74, 6) is -1.56. The molecular weight excluding hydrogens is 273 g/mol. The maximum atomic E-state index is 13.3. The van der Waals surface area contributed by atoms with Gasteiger partial charge in [-0.15, -0.1) is 0 Å². The summed E-state index contributed by atoms with van der Waals surface area (Å²) in [6.45, 7) is 4.70. The van der Waals surface area contributed by atoms with E-state index in [1.165, 1.54) is 23.1 Å². The lowest BCUT2D eigenvalue weighted by Gasteiger charge is -2.25. The summed E-state index contributed by atoms with van der Waals surface area (Å²) in [6.07, 6.45) is 0.825. The van der Waals surface area contributed by atoms with Crippen LogP contribution in [0, 0.1) is 5.82 Å². The fourth-order valence-electron chi connectivity index (χ4n) is 2.39. The van der Waals surface area contributed by atoms with Crippen LogP contribution in [0.1, 0.15) is 13.3 Å². The Morgan fingerprint density at radius 2 is 2.14 bits per heavy atom. The molecule has 0 atom stereocenters. The predicted molar refractivity (Wildman–Crippen MR) is 78.5 cm³/mol. The van der Waals surface area contributed by atoms with Gasteiger partial charge in [0.25, 0.3) is 0 Å². The first-order chi connectivity index (χ1) is 10.1. The molecule has 0 spiro atoms. The van der Waals surface area contributed by atoms with Crippen LogP contribution in [0.4, 0.5) is 10.1 Å². The Kier molecular flexibility index (Phi) is 5.27. The summed E-state index contributed by atoms with van der Waals surface area (Å²) in [5.41, 5.74) is 0.406. The first kappa shape index (κ1) is 15.4. The third-order valence-corrected chi connectivity index (χ3v) is 3.49. The second-order valence-corrected chi connectivity index (χ2v) is 4.93. The molecule has 1 N–H and O–H groups in total. The number of anilines is 1. The van der Waals surface area contributed by atoms with E-state index in [0.717, 1.165) is 13.0 Å². The maximum absolute atomic E-state index is 13.3. The fraction of sp³-hybridized carbons (Fsp3) is 0.467. The van der Waals surface area contributed by atoms with E-state index in [9.17, 15) is 14.0 Å². The smallest absolute Gasteiger partial charge is 0.316 e. The number of amides is 2. The summed E-state index contributed by atoms with van der Waals surface area (Å²) < 4.78 is 13.3. The van der Waals surface area contributed by atoms with E-state index in [0.29, 0.717) is 31.9 Å². The zero-order chi connectivity index (χ0) is 15.2. The van der Waals surface area contributed by atoms with Crippen LogP contribution < -0.4 is 10.2 Å². The van der Waals surface area contributed by atoms with Crippen molar-refractivity contribution < 1.29 is 14.0 Å². The van der Waals surface area contributed by atoms with Crippen molar-refractivity contribution in [2.75, 3.05) is 37.6 Å². The molecule has 1 aromatic rings. The highest BCUT2D eigenvalue weighted by molar-refractivity contribution is 6.40. The molecule has 0 bridgehead atoms. The molecule has 1 saturated heterocycles. The van der Waals surface area contributed by atoms with Crippen LogP contribution in [0.5, 0.6) is 0 Å². The zero-order valence-corrected chi connectivity index (χ0v) is 12.1. The molecule has 0 radical (unpaired) electrons. The fourth-order valence-corrected chi connectivity index (χ4v) is 2.39. The van der Waals surface area contributed by atoms with Gasteiger partial charge >= 0.3 is 11.8 Å². The van der Waals surface area contributed by atoms with E-state index >= 15 is 0 Å². The van der Waals surface area contributed by atoms with Crippen molar-refractivity contribution >= 4 is 17.5 Å². The third-order valence-electron chi connectivity index (χ3n) is 3.49. The van der Waals surface area contributed by atoms with E-state index in [-0.39, 0.29) is 0 Å². The molecule has 0 aliphatic carbocycles. The number of nitrogens with zero attached hydrogens (tertiary/aromatic N) is 2. The molecule has 1 fully saturated rings. The molecule has 21 heavy (non-hydrogen) atoms. The van der Waals surface area contributed by atoms with Crippen molar-refractivity contribution in [1.29, 1.82) is 0 Å². The second kappa shape index (κ2) is 7.17. The Morgan fingerprint density at radius 3 is 2.86 bits per heavy atom. The molecule has 2 rings (SSSR count). The first-order valence-corrected chi connectivity index (χ1v) is 7.20. The van der Waals surface area contributed by atoms with Crippen LogP contribution in [0.3, 0.4) is 0 Å². The van der Waals surface area contributed by atoms with E-state index in [1.54, 1.807) is 17.9 Å². The first-order valence-electron chi connectivity index (χ1n) is 7.20. The van der Waals surface area contributed by atoms with Gasteiger partial charge in [-0.05, 0) is 38.1 Å². The largest absolute Gasteiger partial charge is 0.333 e. The maximum Gasteiger partial charge on any atom is 0.316 e. The van der Waals surface area contributed by atoms with Gasteiger partial charge in [0.15, 0.2) is 0 Å². The highest BCUT2D eigenvalue weighted by atomic mass is 19.1. The van der Waals surface area contributed by atoms with Crippen LogP contribution in [0.15, 0.2) is 24.3 Å². The van der Waals surface area contributed by atoms with Gasteiger partial charge in [-0.25, -0.2) is 4.39 Å². The monoisotopic (exact) mass is 293 g/mol. The number of halogens is 1. The lowest BCUT2D eigenvalue weighted by atomic mass is 10.2. The summed E-state index contributed by atoms with van der Waals surface area (Å²) in [7, 11) is 0. The highest BCUT2D eigenvalue weighted by Crippen LogP contribution is 2.16. The summed E-state index contributed by atoms with van der Waals surface area (Å²) in [4.78, 5) is 27.6. The van der Waals surface area contributed by atoms with Crippen molar-refractivity contribution in [1.82, 2.24) is 10.2 Å². The lowest BCUT2D eigenvalue weighted by Crippen LogP contribution is -2.46. The zero-order valence-electron chi connectivity index (χ0n) is 12.1. The summed E-state index contributed by atoms with van der Waals surface area (Å²) in [6, 6.07) is 5.73. The topological polar surface area (TPSA) is 52.7 Å². The van der Waals surface area contributed by atoms with Crippen molar-refractivity contribution in [3.05, 3.63) is 30.1 Å². The van der Waals surface area contributed by atoms with Crippen LogP contribution in [-0.2, 0) is 9.59 Å². The van der Waals surface area contributed by atoms with Gasteiger partial charge in [0.2, 0.25) is 0 Å². The minimum Gasteiger partial charge on any atom is -0.333 e. The van der Waals surface area contributed by atoms with E-state index in [4.69, 9.17) is 0 Å². The Balaban J connectivity index is 2.13. The number of hydrogen-bond acceptors (Lipinski definition) is 3. The molecule has 0 aromatic heterocycles. The average molecular weight is 293 g/mol. The van der Waals surface area contributed by atoms with Crippen molar-refractivity contribution in [2.45, 2.75) is 13.3 Å². The Morgan fingerprint density at radius 1 is 1.33 bits per heavy atom. The number of carbonyl (C=O) groups is 2. The highest BCUT2D eigenvalue weighted by Gasteiger charge is 2.27. The van der Waals surface area contributed by atoms with Gasteiger partial charge in [0.05, 0.1) is 0 Å². The molecule has 6 heteroatoms. The lowest BCUT2D eigenvalue weighted by molar-refractivity contribution is -0.144. The summed E-state index contributed by atoms with van der Waals surface area (Å²) in [5, 5.41) is 3.18. The number of carbonyl (C=O) groups excluding carboxylic acids is 2. The van der Waals surface area contributed by atoms with Crippen molar-refractivity contribution in [3.63, 3.8) is 0 Å². The minimum absolute atomic E-state index is 0.320. The second-order valence-electron chi connectivity index (χ2n) is 4.93. The molecule has 1 aliphatic rings. The van der Waals surface area contributed by atoms with E-state index in [2.05, 4.69) is 5.32 Å². The predicted octanol–water partition coefficient (Wildman–Crippen LogP) is 1.00. The molecule has 0 unspecified atom stereocenters. The van der Waals surface area contributed by atoms with Gasteiger partial charge in [0.1, 0.15) is 5.82 Å². The quantitative estimate of drug-likeness (QED) is 0.828. The van der Waals surface area contributed by atoms with Gasteiger partial charge in [-0.1, -0.05) is 6.07 Å². The van der Waals surface area contributed by atoms with Crippen LogP contribution in [-0.4, -0.2) is 49.4 Å². The molecular formula is C15H20FN3O2. The minimum atomic E-state index is -0.606. The number of rotatable bonds is 2. The van der Waals surface area contributed by atoms with E-state index < -0.39 is 17.6 Å². The molecule has 114 valence electrons. The van der Waals surface area contributed by atoms with Crippen LogP contribution in [0.2, 0.25) is 0 Å². The van der Waals surface area contributed by atoms with E-state index in [1.807, 2.05) is 0 Å². The van der Waals surface area contributed by atoms with Crippen molar-refractivity contribution in [2.24, 2.45) is 0 Å². The Bertz CT molecular complexity index is 513. The Labute approximate surface area is 123 Å². The molecule has 5 nitrogen and oxygen atoms in total. The molecule has 1 heterocycles. The molecule has 1 aromatic carbocycles.